The molecule has 0 spiro atoms. The second-order valence-electron chi connectivity index (χ2n) is 8.29. The van der Waals surface area contributed by atoms with Crippen molar-refractivity contribution in [2.24, 2.45) is 5.92 Å². The smallest absolute Gasteiger partial charge is 0.340 e. The van der Waals surface area contributed by atoms with E-state index in [1.54, 1.807) is 31.2 Å². The maximum Gasteiger partial charge on any atom is 0.340 e. The molecule has 0 saturated carbocycles. The summed E-state index contributed by atoms with van der Waals surface area (Å²) in [6.07, 6.45) is 3.22. The molecule has 0 bridgehead atoms. The number of fused-ring (bicyclic) bond motifs is 1. The average Bonchev–Trinajstić information content (AvgIpc) is 3.21. The Kier molecular flexibility index (Phi) is 5.76. The van der Waals surface area contributed by atoms with Gasteiger partial charge in [0.1, 0.15) is 0 Å². The monoisotopic (exact) mass is 422 g/mol. The normalized spacial score (nSPS) is 20.2. The standard InChI is InChI=1S/C24H26N2O5/c1-3-31-24(30)21-16-9-8-14(2)12-15(16)13-19(21)25-20(27)10-11-26-22(28)17-6-4-5-7-18(17)23(26)29/h4-7,14H,3,8-13H2,1-2H3,(H,25,27). The van der Waals surface area contributed by atoms with Gasteiger partial charge in [0.2, 0.25) is 5.91 Å². The van der Waals surface area contributed by atoms with Crippen LogP contribution >= 0.6 is 0 Å². The molecule has 1 heterocycles. The van der Waals surface area contributed by atoms with Crippen molar-refractivity contribution in [3.05, 3.63) is 57.8 Å². The minimum absolute atomic E-state index is 0.00955. The van der Waals surface area contributed by atoms with E-state index in [1.807, 2.05) is 0 Å². The topological polar surface area (TPSA) is 92.8 Å². The van der Waals surface area contributed by atoms with E-state index in [2.05, 4.69) is 12.2 Å². The van der Waals surface area contributed by atoms with Crippen LogP contribution in [0.5, 0.6) is 0 Å². The van der Waals surface area contributed by atoms with E-state index in [9.17, 15) is 19.2 Å². The van der Waals surface area contributed by atoms with Gasteiger partial charge in [0.05, 0.1) is 23.3 Å². The number of benzene rings is 1. The fourth-order valence-electron chi connectivity index (χ4n) is 4.62. The van der Waals surface area contributed by atoms with Crippen molar-refractivity contribution in [3.63, 3.8) is 0 Å². The van der Waals surface area contributed by atoms with Crippen LogP contribution in [0, 0.1) is 5.92 Å². The minimum Gasteiger partial charge on any atom is -0.462 e. The van der Waals surface area contributed by atoms with Crippen molar-refractivity contribution in [2.75, 3.05) is 13.2 Å². The molecule has 2 aliphatic carbocycles. The Morgan fingerprint density at radius 2 is 1.84 bits per heavy atom. The molecule has 7 heteroatoms. The molecule has 1 N–H and O–H groups in total. The number of imide groups is 1. The van der Waals surface area contributed by atoms with Crippen molar-refractivity contribution in [1.82, 2.24) is 10.2 Å². The second kappa shape index (κ2) is 8.49. The fourth-order valence-corrected chi connectivity index (χ4v) is 4.62. The van der Waals surface area contributed by atoms with E-state index in [-0.39, 0.29) is 37.3 Å². The molecule has 1 aromatic carbocycles. The van der Waals surface area contributed by atoms with E-state index >= 15 is 0 Å². The maximum absolute atomic E-state index is 12.7. The van der Waals surface area contributed by atoms with Gasteiger partial charge in [0, 0.05) is 25.1 Å². The summed E-state index contributed by atoms with van der Waals surface area (Å²) in [4.78, 5) is 51.3. The molecule has 162 valence electrons. The van der Waals surface area contributed by atoms with Crippen LogP contribution in [0.15, 0.2) is 46.7 Å². The van der Waals surface area contributed by atoms with E-state index < -0.39 is 5.97 Å². The summed E-state index contributed by atoms with van der Waals surface area (Å²) >= 11 is 0. The molecule has 1 unspecified atom stereocenters. The van der Waals surface area contributed by atoms with Crippen LogP contribution in [-0.2, 0) is 14.3 Å². The molecule has 3 amide bonds. The third kappa shape index (κ3) is 3.92. The quantitative estimate of drug-likeness (QED) is 0.562. The molecular formula is C24H26N2O5. The van der Waals surface area contributed by atoms with Gasteiger partial charge < -0.3 is 10.1 Å². The van der Waals surface area contributed by atoms with Gasteiger partial charge in [-0.05, 0) is 49.8 Å². The SMILES string of the molecule is CCOC(=O)C1=C(NC(=O)CCN2C(=O)c3ccccc3C2=O)CC2=C1CCC(C)C2. The van der Waals surface area contributed by atoms with Crippen molar-refractivity contribution < 1.29 is 23.9 Å². The third-order valence-electron chi connectivity index (χ3n) is 6.11. The Labute approximate surface area is 181 Å². The molecule has 0 radical (unpaired) electrons. The zero-order valence-electron chi connectivity index (χ0n) is 17.8. The largest absolute Gasteiger partial charge is 0.462 e. The zero-order chi connectivity index (χ0) is 22.1. The summed E-state index contributed by atoms with van der Waals surface area (Å²) in [6, 6.07) is 6.64. The van der Waals surface area contributed by atoms with Crippen molar-refractivity contribution in [3.8, 4) is 0 Å². The van der Waals surface area contributed by atoms with Crippen LogP contribution in [-0.4, -0.2) is 41.7 Å². The van der Waals surface area contributed by atoms with E-state index in [1.165, 1.54) is 5.57 Å². The van der Waals surface area contributed by atoms with Crippen molar-refractivity contribution >= 4 is 23.7 Å². The van der Waals surface area contributed by atoms with Gasteiger partial charge in [-0.2, -0.15) is 0 Å². The lowest BCUT2D eigenvalue weighted by molar-refractivity contribution is -0.138. The molecule has 0 aromatic heterocycles. The summed E-state index contributed by atoms with van der Waals surface area (Å²) in [6.45, 7) is 4.20. The molecule has 7 nitrogen and oxygen atoms in total. The first-order valence-electron chi connectivity index (χ1n) is 10.8. The van der Waals surface area contributed by atoms with Crippen LogP contribution in [0.25, 0.3) is 0 Å². The van der Waals surface area contributed by atoms with Crippen molar-refractivity contribution in [2.45, 2.75) is 46.0 Å². The second-order valence-corrected chi connectivity index (χ2v) is 8.29. The lowest BCUT2D eigenvalue weighted by atomic mass is 9.84. The first-order valence-corrected chi connectivity index (χ1v) is 10.8. The van der Waals surface area contributed by atoms with Gasteiger partial charge >= 0.3 is 5.97 Å². The maximum atomic E-state index is 12.7. The predicted octanol–water partition coefficient (Wildman–Crippen LogP) is 3.13. The van der Waals surface area contributed by atoms with Gasteiger partial charge in [-0.25, -0.2) is 4.79 Å². The van der Waals surface area contributed by atoms with Crippen molar-refractivity contribution in [1.29, 1.82) is 0 Å². The molecule has 1 atom stereocenters. The first-order chi connectivity index (χ1) is 14.9. The summed E-state index contributed by atoms with van der Waals surface area (Å²) in [5, 5.41) is 2.86. The Hall–Kier alpha value is -3.22. The number of nitrogens with one attached hydrogen (secondary N) is 1. The highest BCUT2D eigenvalue weighted by atomic mass is 16.5. The van der Waals surface area contributed by atoms with Crippen LogP contribution in [0.3, 0.4) is 0 Å². The Bertz CT molecular complexity index is 1000. The lowest BCUT2D eigenvalue weighted by Crippen LogP contribution is -2.34. The lowest BCUT2D eigenvalue weighted by Gasteiger charge is -2.21. The van der Waals surface area contributed by atoms with Gasteiger partial charge in [-0.3, -0.25) is 19.3 Å². The van der Waals surface area contributed by atoms with E-state index in [4.69, 9.17) is 4.74 Å². The Morgan fingerprint density at radius 1 is 1.16 bits per heavy atom. The number of hydrogen-bond donors (Lipinski definition) is 1. The molecule has 1 aliphatic heterocycles. The predicted molar refractivity (Wildman–Crippen MR) is 113 cm³/mol. The van der Waals surface area contributed by atoms with Crippen LogP contribution in [0.1, 0.15) is 66.7 Å². The fraction of sp³-hybridized carbons (Fsp3) is 0.417. The van der Waals surface area contributed by atoms with Crippen LogP contribution < -0.4 is 5.32 Å². The Morgan fingerprint density at radius 3 is 2.48 bits per heavy atom. The number of esters is 1. The summed E-state index contributed by atoms with van der Waals surface area (Å²) < 4.78 is 5.24. The van der Waals surface area contributed by atoms with Gasteiger partial charge in [-0.15, -0.1) is 0 Å². The van der Waals surface area contributed by atoms with E-state index in [0.29, 0.717) is 34.7 Å². The van der Waals surface area contributed by atoms with Gasteiger partial charge in [0.15, 0.2) is 0 Å². The van der Waals surface area contributed by atoms with Crippen LogP contribution in [0.2, 0.25) is 0 Å². The first kappa shape index (κ1) is 21.0. The number of hydrogen-bond acceptors (Lipinski definition) is 5. The zero-order valence-corrected chi connectivity index (χ0v) is 17.8. The number of ether oxygens (including phenoxy) is 1. The van der Waals surface area contributed by atoms with E-state index in [0.717, 1.165) is 29.7 Å². The molecule has 0 fully saturated rings. The molecule has 1 aromatic rings. The molecule has 0 saturated heterocycles. The molecule has 31 heavy (non-hydrogen) atoms. The highest BCUT2D eigenvalue weighted by Gasteiger charge is 2.36. The summed E-state index contributed by atoms with van der Waals surface area (Å²) in [5.74, 6) is -0.955. The summed E-state index contributed by atoms with van der Waals surface area (Å²) in [5.41, 5.74) is 3.98. The number of carbonyl (C=O) groups is 4. The molecule has 3 aliphatic rings. The van der Waals surface area contributed by atoms with Crippen LogP contribution in [0.4, 0.5) is 0 Å². The molecular weight excluding hydrogens is 396 g/mol. The minimum atomic E-state index is -0.405. The number of rotatable bonds is 6. The number of amides is 3. The highest BCUT2D eigenvalue weighted by molar-refractivity contribution is 6.21. The highest BCUT2D eigenvalue weighted by Crippen LogP contribution is 2.42. The third-order valence-corrected chi connectivity index (χ3v) is 6.11. The number of allylic oxidation sites excluding steroid dienone is 1. The average molecular weight is 422 g/mol. The summed E-state index contributed by atoms with van der Waals surface area (Å²) in [7, 11) is 0. The Balaban J connectivity index is 1.44. The van der Waals surface area contributed by atoms with Gasteiger partial charge in [-0.1, -0.05) is 24.6 Å². The number of carbonyl (C=O) groups excluding carboxylic acids is 4. The number of nitrogens with zero attached hydrogens (tertiary/aromatic N) is 1. The molecule has 4 rings (SSSR count). The van der Waals surface area contributed by atoms with Gasteiger partial charge in [0.25, 0.3) is 11.8 Å².